The second kappa shape index (κ2) is 10.6. The summed E-state index contributed by atoms with van der Waals surface area (Å²) in [6.45, 7) is 0.513. The fraction of sp³-hybridized carbons (Fsp3) is 0.120. The number of carbonyl (C=O) groups is 2. The van der Waals surface area contributed by atoms with Crippen molar-refractivity contribution in [2.75, 3.05) is 19.0 Å². The summed E-state index contributed by atoms with van der Waals surface area (Å²) in [5.74, 6) is 0.126. The molecule has 0 aliphatic rings. The molecule has 0 saturated carbocycles. The highest BCUT2D eigenvalue weighted by molar-refractivity contribution is 6.07. The minimum absolute atomic E-state index is 0.226. The second-order valence-electron chi connectivity index (χ2n) is 6.60. The summed E-state index contributed by atoms with van der Waals surface area (Å²) in [6.07, 6.45) is 3.83. The number of para-hydroxylation sites is 2. The largest absolute Gasteiger partial charge is 0.496 e. The van der Waals surface area contributed by atoms with Gasteiger partial charge in [-0.05, 0) is 36.3 Å². The van der Waals surface area contributed by atoms with E-state index in [9.17, 15) is 9.59 Å². The van der Waals surface area contributed by atoms with Gasteiger partial charge in [-0.3, -0.25) is 9.59 Å². The molecule has 3 aromatic rings. The monoisotopic (exact) mass is 400 g/mol. The molecule has 0 aromatic heterocycles. The molecule has 0 fully saturated rings. The van der Waals surface area contributed by atoms with E-state index < -0.39 is 0 Å². The number of nitrogens with one attached hydrogen (secondary N) is 2. The van der Waals surface area contributed by atoms with E-state index >= 15 is 0 Å². The minimum atomic E-state index is -0.328. The third-order valence-corrected chi connectivity index (χ3v) is 4.52. The molecule has 5 nitrogen and oxygen atoms in total. The van der Waals surface area contributed by atoms with Crippen molar-refractivity contribution >= 4 is 23.6 Å². The molecule has 2 amide bonds. The summed E-state index contributed by atoms with van der Waals surface area (Å²) in [5, 5.41) is 5.69. The summed E-state index contributed by atoms with van der Waals surface area (Å²) < 4.78 is 5.28. The molecule has 0 atom stereocenters. The number of hydrogen-bond donors (Lipinski definition) is 2. The Morgan fingerprint density at radius 3 is 2.40 bits per heavy atom. The SMILES string of the molecule is COc1ccccc1C=CC(=O)Nc1ccccc1C(=O)NCCc1ccccc1. The summed E-state index contributed by atoms with van der Waals surface area (Å²) in [7, 11) is 1.58. The summed E-state index contributed by atoms with van der Waals surface area (Å²) in [5.41, 5.74) is 2.83. The van der Waals surface area contributed by atoms with Crippen LogP contribution in [0.1, 0.15) is 21.5 Å². The lowest BCUT2D eigenvalue weighted by atomic mass is 10.1. The number of benzene rings is 3. The molecule has 2 N–H and O–H groups in total. The fourth-order valence-corrected chi connectivity index (χ4v) is 2.99. The van der Waals surface area contributed by atoms with Crippen LogP contribution in [0, 0.1) is 0 Å². The van der Waals surface area contributed by atoms with Gasteiger partial charge in [-0.15, -0.1) is 0 Å². The molecule has 0 aliphatic heterocycles. The van der Waals surface area contributed by atoms with Crippen molar-refractivity contribution < 1.29 is 14.3 Å². The van der Waals surface area contributed by atoms with Gasteiger partial charge in [0.1, 0.15) is 5.75 Å². The Kier molecular flexibility index (Phi) is 7.39. The van der Waals surface area contributed by atoms with E-state index in [0.717, 1.165) is 17.5 Å². The summed E-state index contributed by atoms with van der Waals surface area (Å²) in [6, 6.07) is 24.3. The van der Waals surface area contributed by atoms with Gasteiger partial charge in [0.2, 0.25) is 5.91 Å². The van der Waals surface area contributed by atoms with E-state index in [1.807, 2.05) is 54.6 Å². The van der Waals surface area contributed by atoms with E-state index in [2.05, 4.69) is 10.6 Å². The van der Waals surface area contributed by atoms with Crippen LogP contribution in [0.2, 0.25) is 0 Å². The molecule has 0 saturated heterocycles. The maximum absolute atomic E-state index is 12.6. The van der Waals surface area contributed by atoms with Crippen LogP contribution in [0.25, 0.3) is 6.08 Å². The first kappa shape index (κ1) is 20.9. The Hall–Kier alpha value is -3.86. The van der Waals surface area contributed by atoms with Crippen molar-refractivity contribution in [1.82, 2.24) is 5.32 Å². The molecule has 5 heteroatoms. The first-order chi connectivity index (χ1) is 14.7. The molecular formula is C25H24N2O3. The zero-order chi connectivity index (χ0) is 21.2. The topological polar surface area (TPSA) is 67.4 Å². The van der Waals surface area contributed by atoms with Crippen molar-refractivity contribution in [3.05, 3.63) is 102 Å². The van der Waals surface area contributed by atoms with Gasteiger partial charge in [0.25, 0.3) is 5.91 Å². The van der Waals surface area contributed by atoms with Crippen molar-refractivity contribution in [3.63, 3.8) is 0 Å². The van der Waals surface area contributed by atoms with E-state index in [0.29, 0.717) is 23.5 Å². The van der Waals surface area contributed by atoms with Crippen LogP contribution in [0.4, 0.5) is 5.69 Å². The first-order valence-corrected chi connectivity index (χ1v) is 9.70. The highest BCUT2D eigenvalue weighted by Crippen LogP contribution is 2.19. The average Bonchev–Trinajstić information content (AvgIpc) is 2.79. The van der Waals surface area contributed by atoms with Crippen LogP contribution in [0.3, 0.4) is 0 Å². The molecule has 30 heavy (non-hydrogen) atoms. The zero-order valence-corrected chi connectivity index (χ0v) is 16.8. The lowest BCUT2D eigenvalue weighted by molar-refractivity contribution is -0.111. The molecule has 3 aromatic carbocycles. The predicted molar refractivity (Wildman–Crippen MR) is 120 cm³/mol. The van der Waals surface area contributed by atoms with Gasteiger partial charge < -0.3 is 15.4 Å². The Bertz CT molecular complexity index is 1030. The summed E-state index contributed by atoms with van der Waals surface area (Å²) in [4.78, 5) is 25.0. The maximum Gasteiger partial charge on any atom is 0.253 e. The third-order valence-electron chi connectivity index (χ3n) is 4.52. The highest BCUT2D eigenvalue weighted by atomic mass is 16.5. The number of ether oxygens (including phenoxy) is 1. The molecule has 0 radical (unpaired) electrons. The first-order valence-electron chi connectivity index (χ1n) is 9.70. The molecule has 0 bridgehead atoms. The minimum Gasteiger partial charge on any atom is -0.496 e. The van der Waals surface area contributed by atoms with Gasteiger partial charge in [-0.25, -0.2) is 0 Å². The Morgan fingerprint density at radius 1 is 0.900 bits per heavy atom. The summed E-state index contributed by atoms with van der Waals surface area (Å²) >= 11 is 0. The van der Waals surface area contributed by atoms with Crippen LogP contribution in [-0.2, 0) is 11.2 Å². The zero-order valence-electron chi connectivity index (χ0n) is 16.8. The number of methoxy groups -OCH3 is 1. The third kappa shape index (κ3) is 5.82. The van der Waals surface area contributed by atoms with E-state index in [1.165, 1.54) is 6.08 Å². The van der Waals surface area contributed by atoms with Crippen LogP contribution in [-0.4, -0.2) is 25.5 Å². The van der Waals surface area contributed by atoms with Gasteiger partial charge in [0.05, 0.1) is 18.4 Å². The van der Waals surface area contributed by atoms with Gasteiger partial charge >= 0.3 is 0 Å². The molecule has 3 rings (SSSR count). The lowest BCUT2D eigenvalue weighted by Gasteiger charge is -2.10. The van der Waals surface area contributed by atoms with E-state index in [-0.39, 0.29) is 11.8 Å². The van der Waals surface area contributed by atoms with Crippen molar-refractivity contribution in [3.8, 4) is 5.75 Å². The molecular weight excluding hydrogens is 376 g/mol. The van der Waals surface area contributed by atoms with Crippen LogP contribution >= 0.6 is 0 Å². The van der Waals surface area contributed by atoms with E-state index in [1.54, 1.807) is 37.5 Å². The van der Waals surface area contributed by atoms with Gasteiger partial charge in [-0.2, -0.15) is 0 Å². The number of carbonyl (C=O) groups excluding carboxylic acids is 2. The standard InChI is InChI=1S/C25H24N2O3/c1-30-23-14-8-5-11-20(23)15-16-24(28)27-22-13-7-6-12-21(22)25(29)26-18-17-19-9-3-2-4-10-19/h2-16H,17-18H2,1H3,(H,26,29)(H,27,28). The Balaban J connectivity index is 1.62. The number of amides is 2. The number of rotatable bonds is 8. The van der Waals surface area contributed by atoms with Gasteiger partial charge in [0.15, 0.2) is 0 Å². The van der Waals surface area contributed by atoms with Crippen LogP contribution < -0.4 is 15.4 Å². The molecule has 0 aliphatic carbocycles. The number of anilines is 1. The van der Waals surface area contributed by atoms with Crippen LogP contribution in [0.5, 0.6) is 5.75 Å². The van der Waals surface area contributed by atoms with Crippen molar-refractivity contribution in [2.45, 2.75) is 6.42 Å². The lowest BCUT2D eigenvalue weighted by Crippen LogP contribution is -2.27. The molecule has 0 unspecified atom stereocenters. The normalized spacial score (nSPS) is 10.6. The Morgan fingerprint density at radius 2 is 1.60 bits per heavy atom. The smallest absolute Gasteiger partial charge is 0.253 e. The molecule has 152 valence electrons. The van der Waals surface area contributed by atoms with Crippen molar-refractivity contribution in [2.24, 2.45) is 0 Å². The number of hydrogen-bond acceptors (Lipinski definition) is 3. The second-order valence-corrected chi connectivity index (χ2v) is 6.60. The predicted octanol–water partition coefficient (Wildman–Crippen LogP) is 4.32. The molecule has 0 spiro atoms. The molecule has 0 heterocycles. The van der Waals surface area contributed by atoms with Crippen LogP contribution in [0.15, 0.2) is 84.9 Å². The highest BCUT2D eigenvalue weighted by Gasteiger charge is 2.12. The maximum atomic E-state index is 12.6. The Labute approximate surface area is 176 Å². The average molecular weight is 400 g/mol. The van der Waals surface area contributed by atoms with Gasteiger partial charge in [0, 0.05) is 18.2 Å². The quantitative estimate of drug-likeness (QED) is 0.554. The van der Waals surface area contributed by atoms with Crippen molar-refractivity contribution in [1.29, 1.82) is 0 Å². The van der Waals surface area contributed by atoms with Gasteiger partial charge in [-0.1, -0.05) is 60.7 Å². The fourth-order valence-electron chi connectivity index (χ4n) is 2.99. The van der Waals surface area contributed by atoms with E-state index in [4.69, 9.17) is 4.74 Å².